The molecule has 27 heavy (non-hydrogen) atoms. The van der Waals surface area contributed by atoms with Crippen molar-refractivity contribution >= 4 is 45.6 Å². The molecule has 0 saturated carbocycles. The molecule has 140 valence electrons. The SMILES string of the molecule is CC(C)Oc1ccccc1C(=O)Nc1ncc(Cc2cc(Cl)ccc2Cl)s1. The Hall–Kier alpha value is -2.08. The van der Waals surface area contributed by atoms with Gasteiger partial charge in [0, 0.05) is 27.5 Å². The summed E-state index contributed by atoms with van der Waals surface area (Å²) in [5, 5.41) is 4.64. The van der Waals surface area contributed by atoms with Crippen molar-refractivity contribution in [3.63, 3.8) is 0 Å². The zero-order valence-electron chi connectivity index (χ0n) is 14.8. The van der Waals surface area contributed by atoms with Crippen molar-refractivity contribution in [1.82, 2.24) is 4.98 Å². The number of hydrogen-bond acceptors (Lipinski definition) is 4. The van der Waals surface area contributed by atoms with Gasteiger partial charge in [0.15, 0.2) is 5.13 Å². The molecule has 1 aromatic heterocycles. The molecule has 1 N–H and O–H groups in total. The van der Waals surface area contributed by atoms with Gasteiger partial charge in [0.2, 0.25) is 0 Å². The zero-order valence-corrected chi connectivity index (χ0v) is 17.2. The summed E-state index contributed by atoms with van der Waals surface area (Å²) in [6.07, 6.45) is 2.31. The van der Waals surface area contributed by atoms with Gasteiger partial charge < -0.3 is 4.74 Å². The van der Waals surface area contributed by atoms with Crippen molar-refractivity contribution in [1.29, 1.82) is 0 Å². The van der Waals surface area contributed by atoms with Crippen molar-refractivity contribution in [3.05, 3.63) is 74.7 Å². The third-order valence-corrected chi connectivity index (χ3v) is 5.16. The molecule has 0 radical (unpaired) electrons. The minimum Gasteiger partial charge on any atom is -0.490 e. The first-order valence-electron chi connectivity index (χ1n) is 8.38. The first-order valence-corrected chi connectivity index (χ1v) is 9.95. The quantitative estimate of drug-likeness (QED) is 0.525. The Bertz CT molecular complexity index is 957. The highest BCUT2D eigenvalue weighted by Gasteiger charge is 2.15. The van der Waals surface area contributed by atoms with E-state index in [1.807, 2.05) is 26.0 Å². The van der Waals surface area contributed by atoms with E-state index < -0.39 is 0 Å². The van der Waals surface area contributed by atoms with Crippen LogP contribution in [0.2, 0.25) is 10.0 Å². The molecule has 0 saturated heterocycles. The van der Waals surface area contributed by atoms with Crippen LogP contribution in [0.5, 0.6) is 5.75 Å². The Balaban J connectivity index is 1.73. The molecule has 2 aromatic carbocycles. The van der Waals surface area contributed by atoms with E-state index in [0.717, 1.165) is 10.4 Å². The summed E-state index contributed by atoms with van der Waals surface area (Å²) in [5.41, 5.74) is 1.39. The Kier molecular flexibility index (Phi) is 6.37. The molecule has 7 heteroatoms. The number of rotatable bonds is 6. The minimum absolute atomic E-state index is 0.0205. The molecular formula is C20H18Cl2N2O2S. The maximum atomic E-state index is 12.6. The van der Waals surface area contributed by atoms with Crippen LogP contribution in [-0.2, 0) is 6.42 Å². The van der Waals surface area contributed by atoms with Gasteiger partial charge in [-0.1, -0.05) is 35.3 Å². The van der Waals surface area contributed by atoms with E-state index in [9.17, 15) is 4.79 Å². The number of carbonyl (C=O) groups is 1. The van der Waals surface area contributed by atoms with Gasteiger partial charge in [0.25, 0.3) is 5.91 Å². The van der Waals surface area contributed by atoms with Crippen molar-refractivity contribution in [2.45, 2.75) is 26.4 Å². The molecule has 0 fully saturated rings. The number of thiazole rings is 1. The lowest BCUT2D eigenvalue weighted by molar-refractivity contribution is 0.102. The third-order valence-electron chi connectivity index (χ3n) is 3.64. The number of para-hydroxylation sites is 1. The third kappa shape index (κ3) is 5.22. The molecule has 4 nitrogen and oxygen atoms in total. The topological polar surface area (TPSA) is 51.2 Å². The second-order valence-corrected chi connectivity index (χ2v) is 8.12. The van der Waals surface area contributed by atoms with Crippen molar-refractivity contribution in [3.8, 4) is 5.75 Å². The summed E-state index contributed by atoms with van der Waals surface area (Å²) in [6.45, 7) is 3.84. The van der Waals surface area contributed by atoms with E-state index in [1.165, 1.54) is 11.3 Å². The maximum absolute atomic E-state index is 12.6. The molecule has 3 rings (SSSR count). The molecule has 1 amide bonds. The first-order chi connectivity index (χ1) is 12.9. The number of benzene rings is 2. The summed E-state index contributed by atoms with van der Waals surface area (Å²) in [4.78, 5) is 17.9. The Labute approximate surface area is 172 Å². The van der Waals surface area contributed by atoms with Gasteiger partial charge in [-0.3, -0.25) is 10.1 Å². The van der Waals surface area contributed by atoms with Gasteiger partial charge in [-0.15, -0.1) is 11.3 Å². The fourth-order valence-corrected chi connectivity index (χ4v) is 3.70. The number of hydrogen-bond donors (Lipinski definition) is 1. The van der Waals surface area contributed by atoms with E-state index in [-0.39, 0.29) is 12.0 Å². The summed E-state index contributed by atoms with van der Waals surface area (Å²) in [6, 6.07) is 12.5. The van der Waals surface area contributed by atoms with Crippen molar-refractivity contribution in [2.24, 2.45) is 0 Å². The highest BCUT2D eigenvalue weighted by atomic mass is 35.5. The van der Waals surface area contributed by atoms with Crippen molar-refractivity contribution in [2.75, 3.05) is 5.32 Å². The average Bonchev–Trinajstić information content (AvgIpc) is 3.05. The number of amides is 1. The first kappa shape index (κ1) is 19.7. The highest BCUT2D eigenvalue weighted by molar-refractivity contribution is 7.15. The zero-order chi connectivity index (χ0) is 19.4. The van der Waals surface area contributed by atoms with Crippen LogP contribution < -0.4 is 10.1 Å². The fraction of sp³-hybridized carbons (Fsp3) is 0.200. The molecule has 0 atom stereocenters. The lowest BCUT2D eigenvalue weighted by atomic mass is 10.1. The minimum atomic E-state index is -0.257. The second-order valence-electron chi connectivity index (χ2n) is 6.16. The predicted octanol–water partition coefficient (Wildman–Crippen LogP) is 6.08. The van der Waals surface area contributed by atoms with Gasteiger partial charge in [-0.05, 0) is 49.7 Å². The number of nitrogens with zero attached hydrogens (tertiary/aromatic N) is 1. The van der Waals surface area contributed by atoms with Gasteiger partial charge in [-0.2, -0.15) is 0 Å². The van der Waals surface area contributed by atoms with Crippen LogP contribution in [0.4, 0.5) is 5.13 Å². The number of anilines is 1. The smallest absolute Gasteiger partial charge is 0.261 e. The van der Waals surface area contributed by atoms with E-state index in [2.05, 4.69) is 10.3 Å². The number of halogens is 2. The summed E-state index contributed by atoms with van der Waals surface area (Å²) in [7, 11) is 0. The standard InChI is InChI=1S/C20H18Cl2N2O2S/c1-12(2)26-18-6-4-3-5-16(18)19(25)24-20-23-11-15(27-20)10-13-9-14(21)7-8-17(13)22/h3-9,11-12H,10H2,1-2H3,(H,23,24,25). The van der Waals surface area contributed by atoms with Gasteiger partial charge >= 0.3 is 0 Å². The normalized spacial score (nSPS) is 10.9. The molecule has 3 aromatic rings. The van der Waals surface area contributed by atoms with E-state index in [1.54, 1.807) is 36.5 Å². The lowest BCUT2D eigenvalue weighted by Crippen LogP contribution is -2.15. The Morgan fingerprint density at radius 3 is 2.78 bits per heavy atom. The van der Waals surface area contributed by atoms with Crippen LogP contribution in [0, 0.1) is 0 Å². The van der Waals surface area contributed by atoms with E-state index in [0.29, 0.717) is 32.9 Å². The number of carbonyl (C=O) groups excluding carboxylic acids is 1. The highest BCUT2D eigenvalue weighted by Crippen LogP contribution is 2.28. The predicted molar refractivity (Wildman–Crippen MR) is 112 cm³/mol. The fourth-order valence-electron chi connectivity index (χ4n) is 2.49. The molecule has 1 heterocycles. The number of nitrogens with one attached hydrogen (secondary N) is 1. The summed E-state index contributed by atoms with van der Waals surface area (Å²) >= 11 is 13.7. The van der Waals surface area contributed by atoms with E-state index >= 15 is 0 Å². The van der Waals surface area contributed by atoms with Crippen LogP contribution in [0.15, 0.2) is 48.7 Å². The summed E-state index contributed by atoms with van der Waals surface area (Å²) in [5.74, 6) is 0.292. The van der Waals surface area contributed by atoms with Crippen LogP contribution in [0.3, 0.4) is 0 Å². The average molecular weight is 421 g/mol. The van der Waals surface area contributed by atoms with E-state index in [4.69, 9.17) is 27.9 Å². The largest absolute Gasteiger partial charge is 0.490 e. The lowest BCUT2D eigenvalue weighted by Gasteiger charge is -2.13. The maximum Gasteiger partial charge on any atom is 0.261 e. The molecule has 0 spiro atoms. The van der Waals surface area contributed by atoms with Crippen molar-refractivity contribution < 1.29 is 9.53 Å². The number of ether oxygens (including phenoxy) is 1. The van der Waals surface area contributed by atoms with Gasteiger partial charge in [-0.25, -0.2) is 4.98 Å². The molecule has 0 aliphatic rings. The monoisotopic (exact) mass is 420 g/mol. The molecule has 0 unspecified atom stereocenters. The molecule has 0 aliphatic carbocycles. The second kappa shape index (κ2) is 8.74. The Morgan fingerprint density at radius 2 is 2.00 bits per heavy atom. The van der Waals surface area contributed by atoms with Crippen LogP contribution >= 0.6 is 34.5 Å². The molecule has 0 bridgehead atoms. The Morgan fingerprint density at radius 1 is 1.22 bits per heavy atom. The number of aromatic nitrogens is 1. The van der Waals surface area contributed by atoms with Gasteiger partial charge in [0.1, 0.15) is 5.75 Å². The van der Waals surface area contributed by atoms with Crippen LogP contribution in [0.1, 0.15) is 34.6 Å². The molecule has 0 aliphatic heterocycles. The van der Waals surface area contributed by atoms with Gasteiger partial charge in [0.05, 0.1) is 11.7 Å². The van der Waals surface area contributed by atoms with Crippen LogP contribution in [-0.4, -0.2) is 17.0 Å². The summed E-state index contributed by atoms with van der Waals surface area (Å²) < 4.78 is 5.71. The van der Waals surface area contributed by atoms with Crippen LogP contribution in [0.25, 0.3) is 0 Å². The molecular weight excluding hydrogens is 403 g/mol.